The minimum absolute atomic E-state index is 0.291. The zero-order chi connectivity index (χ0) is 12.0. The van der Waals surface area contributed by atoms with Gasteiger partial charge in [0.25, 0.3) is 0 Å². The van der Waals surface area contributed by atoms with E-state index >= 15 is 0 Å². The number of nitrogens with one attached hydrogen (secondary N) is 1. The molecule has 0 aliphatic rings. The van der Waals surface area contributed by atoms with E-state index in [-0.39, 0.29) is 0 Å². The number of ether oxygens (including phenoxy) is 1. The molecule has 0 aliphatic heterocycles. The van der Waals surface area contributed by atoms with Crippen LogP contribution in [0.3, 0.4) is 0 Å². The molecule has 0 radical (unpaired) electrons. The molecule has 0 bridgehead atoms. The summed E-state index contributed by atoms with van der Waals surface area (Å²) in [6.07, 6.45) is 2.62. The van der Waals surface area contributed by atoms with Crippen molar-refractivity contribution in [3.63, 3.8) is 0 Å². The topological polar surface area (TPSA) is 51.5 Å². The van der Waals surface area contributed by atoms with E-state index in [1.165, 1.54) is 13.4 Å². The molecule has 0 spiro atoms. The first-order valence-corrected chi connectivity index (χ1v) is 5.50. The fraction of sp³-hybridized carbons (Fsp3) is 0.583. The molecule has 90 valence electrons. The van der Waals surface area contributed by atoms with Gasteiger partial charge in [-0.1, -0.05) is 13.8 Å². The van der Waals surface area contributed by atoms with Crippen LogP contribution in [0, 0.1) is 5.92 Å². The van der Waals surface area contributed by atoms with E-state index < -0.39 is 5.97 Å². The van der Waals surface area contributed by atoms with Gasteiger partial charge in [-0.15, -0.1) is 0 Å². The van der Waals surface area contributed by atoms with E-state index in [9.17, 15) is 4.79 Å². The standard InChI is InChI=1S/C12H19NO3/c1-9(2)4-6-13-8-10-5-7-16-11(10)12(14)15-3/h5,7,9,13H,4,6,8H2,1-3H3. The molecule has 1 heterocycles. The summed E-state index contributed by atoms with van der Waals surface area (Å²) in [5, 5.41) is 3.27. The van der Waals surface area contributed by atoms with Crippen molar-refractivity contribution < 1.29 is 13.9 Å². The first-order chi connectivity index (χ1) is 7.65. The number of rotatable bonds is 6. The van der Waals surface area contributed by atoms with Crippen LogP contribution in [0.4, 0.5) is 0 Å². The largest absolute Gasteiger partial charge is 0.463 e. The van der Waals surface area contributed by atoms with Crippen molar-refractivity contribution in [3.8, 4) is 0 Å². The molecular weight excluding hydrogens is 206 g/mol. The molecule has 0 fully saturated rings. The highest BCUT2D eigenvalue weighted by atomic mass is 16.5. The van der Waals surface area contributed by atoms with Crippen LogP contribution < -0.4 is 5.32 Å². The molecule has 0 aromatic carbocycles. The van der Waals surface area contributed by atoms with Crippen LogP contribution >= 0.6 is 0 Å². The van der Waals surface area contributed by atoms with Crippen molar-refractivity contribution in [2.45, 2.75) is 26.8 Å². The van der Waals surface area contributed by atoms with Gasteiger partial charge in [0.1, 0.15) is 0 Å². The van der Waals surface area contributed by atoms with Gasteiger partial charge >= 0.3 is 5.97 Å². The molecule has 4 nitrogen and oxygen atoms in total. The average molecular weight is 225 g/mol. The summed E-state index contributed by atoms with van der Waals surface area (Å²) in [5.41, 5.74) is 0.843. The fourth-order valence-electron chi connectivity index (χ4n) is 1.36. The predicted octanol–water partition coefficient (Wildman–Crippen LogP) is 2.20. The summed E-state index contributed by atoms with van der Waals surface area (Å²) >= 11 is 0. The van der Waals surface area contributed by atoms with Crippen LogP contribution in [0.5, 0.6) is 0 Å². The van der Waals surface area contributed by atoms with Crippen molar-refractivity contribution in [3.05, 3.63) is 23.7 Å². The van der Waals surface area contributed by atoms with E-state index in [0.29, 0.717) is 18.2 Å². The molecule has 0 aliphatic carbocycles. The van der Waals surface area contributed by atoms with Gasteiger partial charge in [-0.3, -0.25) is 0 Å². The molecule has 0 saturated heterocycles. The van der Waals surface area contributed by atoms with Gasteiger partial charge in [0, 0.05) is 12.1 Å². The Balaban J connectivity index is 2.42. The van der Waals surface area contributed by atoms with Crippen molar-refractivity contribution in [1.82, 2.24) is 5.32 Å². The average Bonchev–Trinajstić information content (AvgIpc) is 2.71. The van der Waals surface area contributed by atoms with Gasteiger partial charge in [0.15, 0.2) is 0 Å². The molecule has 1 aromatic heterocycles. The monoisotopic (exact) mass is 225 g/mol. The van der Waals surface area contributed by atoms with Crippen molar-refractivity contribution >= 4 is 5.97 Å². The predicted molar refractivity (Wildman–Crippen MR) is 61.2 cm³/mol. The number of hydrogen-bond acceptors (Lipinski definition) is 4. The molecule has 1 rings (SSSR count). The maximum atomic E-state index is 11.3. The number of hydrogen-bond donors (Lipinski definition) is 1. The first-order valence-electron chi connectivity index (χ1n) is 5.50. The lowest BCUT2D eigenvalue weighted by Gasteiger charge is -2.06. The first kappa shape index (κ1) is 12.8. The Morgan fingerprint density at radius 2 is 2.31 bits per heavy atom. The maximum Gasteiger partial charge on any atom is 0.374 e. The van der Waals surface area contributed by atoms with Crippen LogP contribution in [0.25, 0.3) is 0 Å². The second-order valence-corrected chi connectivity index (χ2v) is 4.13. The lowest BCUT2D eigenvalue weighted by atomic mass is 10.1. The Morgan fingerprint density at radius 3 is 2.94 bits per heavy atom. The third-order valence-corrected chi connectivity index (χ3v) is 2.33. The molecule has 0 saturated carbocycles. The number of esters is 1. The van der Waals surface area contributed by atoms with E-state index in [1.54, 1.807) is 6.07 Å². The third kappa shape index (κ3) is 3.70. The van der Waals surface area contributed by atoms with Gasteiger partial charge < -0.3 is 14.5 Å². The minimum atomic E-state index is -0.425. The second-order valence-electron chi connectivity index (χ2n) is 4.13. The van der Waals surface area contributed by atoms with Gasteiger partial charge in [-0.05, 0) is 24.9 Å². The lowest BCUT2D eigenvalue weighted by Crippen LogP contribution is -2.17. The zero-order valence-electron chi connectivity index (χ0n) is 10.1. The molecular formula is C12H19NO3. The number of methoxy groups -OCH3 is 1. The van der Waals surface area contributed by atoms with Gasteiger partial charge in [-0.2, -0.15) is 0 Å². The summed E-state index contributed by atoms with van der Waals surface area (Å²) < 4.78 is 9.70. The fourth-order valence-corrected chi connectivity index (χ4v) is 1.36. The van der Waals surface area contributed by atoms with Crippen LogP contribution in [0.15, 0.2) is 16.7 Å². The summed E-state index contributed by atoms with van der Waals surface area (Å²) in [4.78, 5) is 11.3. The SMILES string of the molecule is COC(=O)c1occc1CNCCC(C)C. The number of carbonyl (C=O) groups is 1. The number of furan rings is 1. The Kier molecular flexibility index (Phi) is 5.05. The molecule has 0 unspecified atom stereocenters. The highest BCUT2D eigenvalue weighted by Crippen LogP contribution is 2.11. The van der Waals surface area contributed by atoms with Crippen LogP contribution in [0.1, 0.15) is 36.4 Å². The molecule has 1 aromatic rings. The Morgan fingerprint density at radius 1 is 1.56 bits per heavy atom. The van der Waals surface area contributed by atoms with E-state index in [1.807, 2.05) is 0 Å². The Labute approximate surface area is 96.0 Å². The summed E-state index contributed by atoms with van der Waals surface area (Å²) in [7, 11) is 1.35. The van der Waals surface area contributed by atoms with Gasteiger partial charge in [-0.25, -0.2) is 4.79 Å². The number of carbonyl (C=O) groups excluding carboxylic acids is 1. The Bertz CT molecular complexity index is 331. The van der Waals surface area contributed by atoms with Crippen LogP contribution in [0.2, 0.25) is 0 Å². The Hall–Kier alpha value is -1.29. The normalized spacial score (nSPS) is 10.8. The van der Waals surface area contributed by atoms with Crippen molar-refractivity contribution in [2.24, 2.45) is 5.92 Å². The molecule has 1 N–H and O–H groups in total. The van der Waals surface area contributed by atoms with E-state index in [0.717, 1.165) is 18.5 Å². The summed E-state index contributed by atoms with van der Waals surface area (Å²) in [6.45, 7) is 5.93. The van der Waals surface area contributed by atoms with Gasteiger partial charge in [0.05, 0.1) is 13.4 Å². The smallest absolute Gasteiger partial charge is 0.374 e. The molecule has 0 amide bonds. The molecule has 4 heteroatoms. The quantitative estimate of drug-likeness (QED) is 0.595. The third-order valence-electron chi connectivity index (χ3n) is 2.33. The van der Waals surface area contributed by atoms with E-state index in [4.69, 9.17) is 4.42 Å². The molecule has 16 heavy (non-hydrogen) atoms. The maximum absolute atomic E-state index is 11.3. The minimum Gasteiger partial charge on any atom is -0.463 e. The van der Waals surface area contributed by atoms with Gasteiger partial charge in [0.2, 0.25) is 5.76 Å². The highest BCUT2D eigenvalue weighted by Gasteiger charge is 2.14. The summed E-state index contributed by atoms with van der Waals surface area (Å²) in [5.74, 6) is 0.544. The second kappa shape index (κ2) is 6.33. The zero-order valence-corrected chi connectivity index (χ0v) is 10.1. The van der Waals surface area contributed by atoms with E-state index in [2.05, 4.69) is 23.9 Å². The van der Waals surface area contributed by atoms with Crippen molar-refractivity contribution in [1.29, 1.82) is 0 Å². The summed E-state index contributed by atoms with van der Waals surface area (Å²) in [6, 6.07) is 1.79. The van der Waals surface area contributed by atoms with Crippen LogP contribution in [-0.4, -0.2) is 19.6 Å². The molecule has 0 atom stereocenters. The van der Waals surface area contributed by atoms with Crippen molar-refractivity contribution in [2.75, 3.05) is 13.7 Å². The lowest BCUT2D eigenvalue weighted by molar-refractivity contribution is 0.0563. The highest BCUT2D eigenvalue weighted by molar-refractivity contribution is 5.87. The van der Waals surface area contributed by atoms with Crippen LogP contribution in [-0.2, 0) is 11.3 Å².